The number of methoxy groups -OCH3 is 2. The maximum atomic E-state index is 12.6. The summed E-state index contributed by atoms with van der Waals surface area (Å²) in [5.74, 6) is 0.264. The second kappa shape index (κ2) is 6.95. The number of aromatic nitrogens is 3. The summed E-state index contributed by atoms with van der Waals surface area (Å²) in [5.41, 5.74) is 0.352. The van der Waals surface area contributed by atoms with E-state index in [9.17, 15) is 4.79 Å². The van der Waals surface area contributed by atoms with E-state index in [1.54, 1.807) is 31.2 Å². The van der Waals surface area contributed by atoms with Crippen LogP contribution in [0.5, 0.6) is 0 Å². The van der Waals surface area contributed by atoms with Crippen molar-refractivity contribution in [3.05, 3.63) is 34.1 Å². The highest BCUT2D eigenvalue weighted by Gasteiger charge is 2.31. The zero-order valence-corrected chi connectivity index (χ0v) is 14.0. The molecule has 1 aliphatic carbocycles. The Bertz CT molecular complexity index is 749. The highest BCUT2D eigenvalue weighted by Crippen LogP contribution is 2.29. The van der Waals surface area contributed by atoms with Gasteiger partial charge in [0.1, 0.15) is 5.52 Å². The third-order valence-corrected chi connectivity index (χ3v) is 4.92. The van der Waals surface area contributed by atoms with Crippen molar-refractivity contribution in [1.29, 1.82) is 0 Å². The normalized spacial score (nSPS) is 24.9. The van der Waals surface area contributed by atoms with Crippen molar-refractivity contribution in [3.63, 3.8) is 0 Å². The topological polar surface area (TPSA) is 66.2 Å². The molecule has 0 saturated heterocycles. The minimum atomic E-state index is -0.0944. The van der Waals surface area contributed by atoms with E-state index >= 15 is 0 Å². The number of hydrogen-bond donors (Lipinski definition) is 0. The Morgan fingerprint density at radius 1 is 1.30 bits per heavy atom. The summed E-state index contributed by atoms with van der Waals surface area (Å²) >= 11 is 6.00. The molecular formula is C16H20ClN3O3. The molecule has 0 aromatic carbocycles. The lowest BCUT2D eigenvalue weighted by molar-refractivity contribution is -0.0454. The number of fused-ring (bicyclic) bond motifs is 1. The van der Waals surface area contributed by atoms with Gasteiger partial charge in [-0.2, -0.15) is 0 Å². The lowest BCUT2D eigenvalue weighted by Gasteiger charge is -2.34. The molecule has 0 amide bonds. The summed E-state index contributed by atoms with van der Waals surface area (Å²) in [6.45, 7) is 0.580. The molecule has 0 N–H and O–H groups in total. The van der Waals surface area contributed by atoms with Gasteiger partial charge in [0.25, 0.3) is 5.56 Å². The fourth-order valence-electron chi connectivity index (χ4n) is 3.31. The Morgan fingerprint density at radius 2 is 2.13 bits per heavy atom. The molecular weight excluding hydrogens is 318 g/mol. The molecule has 23 heavy (non-hydrogen) atoms. The number of halogens is 1. The largest absolute Gasteiger partial charge is 0.381 e. The van der Waals surface area contributed by atoms with Gasteiger partial charge >= 0.3 is 0 Å². The first-order valence-corrected chi connectivity index (χ1v) is 8.07. The summed E-state index contributed by atoms with van der Waals surface area (Å²) in [7, 11) is 3.44. The van der Waals surface area contributed by atoms with Crippen molar-refractivity contribution < 1.29 is 9.47 Å². The third-order valence-electron chi connectivity index (χ3n) is 4.64. The Kier molecular flexibility index (Phi) is 4.94. The van der Waals surface area contributed by atoms with Crippen LogP contribution in [0.2, 0.25) is 5.15 Å². The van der Waals surface area contributed by atoms with Gasteiger partial charge < -0.3 is 9.47 Å². The van der Waals surface area contributed by atoms with Crippen LogP contribution in [0, 0.1) is 5.92 Å². The van der Waals surface area contributed by atoms with Crippen LogP contribution in [-0.4, -0.2) is 41.0 Å². The molecule has 3 rings (SSSR count). The van der Waals surface area contributed by atoms with Crippen molar-refractivity contribution >= 4 is 22.5 Å². The average Bonchev–Trinajstić information content (AvgIpc) is 2.58. The molecule has 0 spiro atoms. The number of ether oxygens (including phenoxy) is 2. The Morgan fingerprint density at radius 3 is 2.87 bits per heavy atom. The highest BCUT2D eigenvalue weighted by molar-refractivity contribution is 6.33. The number of pyridine rings is 1. The molecule has 124 valence electrons. The van der Waals surface area contributed by atoms with E-state index < -0.39 is 0 Å². The molecule has 0 radical (unpaired) electrons. The van der Waals surface area contributed by atoms with Gasteiger partial charge in [-0.3, -0.25) is 9.36 Å². The predicted octanol–water partition coefficient (Wildman–Crippen LogP) is 2.28. The van der Waals surface area contributed by atoms with E-state index in [-0.39, 0.29) is 28.8 Å². The van der Waals surface area contributed by atoms with Crippen LogP contribution in [0.4, 0.5) is 0 Å². The van der Waals surface area contributed by atoms with Crippen LogP contribution in [0.1, 0.15) is 19.3 Å². The number of nitrogens with zero attached hydrogens (tertiary/aromatic N) is 3. The van der Waals surface area contributed by atoms with Gasteiger partial charge in [0, 0.05) is 39.3 Å². The molecule has 2 aromatic heterocycles. The summed E-state index contributed by atoms with van der Waals surface area (Å²) in [5, 5.41) is 0.745. The minimum absolute atomic E-state index is 0.0809. The lowest BCUT2D eigenvalue weighted by atomic mass is 9.84. The van der Waals surface area contributed by atoms with Crippen LogP contribution in [0.25, 0.3) is 10.9 Å². The SMILES string of the molecule is COC1CCC(Cn2cnc3c(Cl)nccc3c2=O)C(OC)C1. The molecule has 1 aliphatic rings. The molecule has 3 unspecified atom stereocenters. The van der Waals surface area contributed by atoms with Crippen molar-refractivity contribution in [2.75, 3.05) is 14.2 Å². The van der Waals surface area contributed by atoms with Gasteiger partial charge in [-0.25, -0.2) is 9.97 Å². The van der Waals surface area contributed by atoms with Crippen molar-refractivity contribution in [2.24, 2.45) is 5.92 Å². The van der Waals surface area contributed by atoms with Crippen molar-refractivity contribution in [1.82, 2.24) is 14.5 Å². The molecule has 3 atom stereocenters. The van der Waals surface area contributed by atoms with E-state index in [4.69, 9.17) is 21.1 Å². The van der Waals surface area contributed by atoms with E-state index in [0.717, 1.165) is 19.3 Å². The highest BCUT2D eigenvalue weighted by atomic mass is 35.5. The Hall–Kier alpha value is -1.50. The van der Waals surface area contributed by atoms with Gasteiger partial charge in [-0.15, -0.1) is 0 Å². The van der Waals surface area contributed by atoms with E-state index in [1.165, 1.54) is 6.20 Å². The zero-order chi connectivity index (χ0) is 16.4. The second-order valence-electron chi connectivity index (χ2n) is 5.91. The third kappa shape index (κ3) is 3.24. The van der Waals surface area contributed by atoms with Crippen LogP contribution in [-0.2, 0) is 16.0 Å². The first-order chi connectivity index (χ1) is 11.1. The molecule has 1 fully saturated rings. The number of rotatable bonds is 4. The predicted molar refractivity (Wildman–Crippen MR) is 87.7 cm³/mol. The van der Waals surface area contributed by atoms with Gasteiger partial charge in [0.2, 0.25) is 0 Å². The minimum Gasteiger partial charge on any atom is -0.381 e. The first-order valence-electron chi connectivity index (χ1n) is 7.69. The second-order valence-corrected chi connectivity index (χ2v) is 6.26. The van der Waals surface area contributed by atoms with E-state index in [0.29, 0.717) is 17.4 Å². The van der Waals surface area contributed by atoms with E-state index in [1.807, 2.05) is 0 Å². The zero-order valence-electron chi connectivity index (χ0n) is 13.2. The standard InChI is InChI=1S/C16H20ClN3O3/c1-22-11-4-3-10(13(7-11)23-2)8-20-9-19-14-12(16(20)21)5-6-18-15(14)17/h5-6,9-11,13H,3-4,7-8H2,1-2H3. The number of hydrogen-bond acceptors (Lipinski definition) is 5. The first kappa shape index (κ1) is 16.4. The van der Waals surface area contributed by atoms with Crippen molar-refractivity contribution in [3.8, 4) is 0 Å². The van der Waals surface area contributed by atoms with Gasteiger partial charge in [-0.1, -0.05) is 11.6 Å². The maximum absolute atomic E-state index is 12.6. The van der Waals surface area contributed by atoms with Crippen molar-refractivity contribution in [2.45, 2.75) is 38.0 Å². The molecule has 2 heterocycles. The van der Waals surface area contributed by atoms with E-state index in [2.05, 4.69) is 9.97 Å². The van der Waals surface area contributed by atoms with Crippen LogP contribution in [0.3, 0.4) is 0 Å². The fraction of sp³-hybridized carbons (Fsp3) is 0.562. The summed E-state index contributed by atoms with van der Waals surface area (Å²) in [6.07, 6.45) is 6.17. The smallest absolute Gasteiger partial charge is 0.261 e. The van der Waals surface area contributed by atoms with Crippen LogP contribution in [0.15, 0.2) is 23.4 Å². The summed E-state index contributed by atoms with van der Waals surface area (Å²) in [6, 6.07) is 1.66. The van der Waals surface area contributed by atoms with Crippen LogP contribution < -0.4 is 5.56 Å². The van der Waals surface area contributed by atoms with Crippen LogP contribution >= 0.6 is 11.6 Å². The van der Waals surface area contributed by atoms with Gasteiger partial charge in [-0.05, 0) is 18.9 Å². The van der Waals surface area contributed by atoms with Gasteiger partial charge in [0.05, 0.1) is 23.9 Å². The summed E-state index contributed by atoms with van der Waals surface area (Å²) < 4.78 is 12.7. The van der Waals surface area contributed by atoms with Gasteiger partial charge in [0.15, 0.2) is 5.15 Å². The molecule has 1 saturated carbocycles. The average molecular weight is 338 g/mol. The maximum Gasteiger partial charge on any atom is 0.261 e. The molecule has 0 aliphatic heterocycles. The molecule has 0 bridgehead atoms. The molecule has 2 aromatic rings. The lowest BCUT2D eigenvalue weighted by Crippen LogP contribution is -2.38. The monoisotopic (exact) mass is 337 g/mol. The molecule has 6 nitrogen and oxygen atoms in total. The summed E-state index contributed by atoms with van der Waals surface area (Å²) in [4.78, 5) is 20.9. The Balaban J connectivity index is 1.87. The Labute approximate surface area is 139 Å². The fourth-order valence-corrected chi connectivity index (χ4v) is 3.51. The molecule has 7 heteroatoms. The quantitative estimate of drug-likeness (QED) is 0.801.